The van der Waals surface area contributed by atoms with Gasteiger partial charge in [-0.1, -0.05) is 30.3 Å². The lowest BCUT2D eigenvalue weighted by atomic mass is 9.93. The van der Waals surface area contributed by atoms with Crippen molar-refractivity contribution in [3.05, 3.63) is 71.8 Å². The number of aromatic nitrogens is 2. The van der Waals surface area contributed by atoms with Crippen LogP contribution in [0.2, 0.25) is 0 Å². The van der Waals surface area contributed by atoms with E-state index in [9.17, 15) is 9.18 Å². The largest absolute Gasteiger partial charge is 0.372 e. The molecule has 1 aromatic heterocycles. The number of nitrogens with zero attached hydrogens (tertiary/aromatic N) is 3. The predicted molar refractivity (Wildman–Crippen MR) is 134 cm³/mol. The van der Waals surface area contributed by atoms with E-state index in [-0.39, 0.29) is 30.1 Å². The van der Waals surface area contributed by atoms with Gasteiger partial charge in [0.2, 0.25) is 0 Å². The molecule has 0 spiro atoms. The molecule has 2 amide bonds. The zero-order valence-corrected chi connectivity index (χ0v) is 20.0. The summed E-state index contributed by atoms with van der Waals surface area (Å²) < 4.78 is 20.1. The second-order valence-corrected chi connectivity index (χ2v) is 9.43. The zero-order chi connectivity index (χ0) is 24.4. The molecule has 1 aliphatic heterocycles. The van der Waals surface area contributed by atoms with Crippen molar-refractivity contribution in [2.45, 2.75) is 51.4 Å². The summed E-state index contributed by atoms with van der Waals surface area (Å²) in [6.45, 7) is 5.36. The number of halogens is 1. The number of benzene rings is 2. The van der Waals surface area contributed by atoms with E-state index >= 15 is 0 Å². The van der Waals surface area contributed by atoms with Crippen LogP contribution in [0.5, 0.6) is 0 Å². The number of morpholine rings is 1. The van der Waals surface area contributed by atoms with Gasteiger partial charge in [-0.05, 0) is 56.9 Å². The van der Waals surface area contributed by atoms with Crippen LogP contribution in [0.25, 0.3) is 11.4 Å². The number of urea groups is 1. The number of fused-ring (bicyclic) bond motifs is 1. The number of carbonyl (C=O) groups excluding carboxylic acids is 1. The standard InChI is InChI=1S/C27H30FN5O2/c1-17-15-33(16-18(2)35-17)24-12-21(28)11-23(13-24)31-27(34)30-22-8-9-25-20(10-22)14-29-26(32-25)19-6-4-3-5-7-19/h3-7,11-14,17-18,22H,8-10,15-16H2,1-2H3,(H2,30,31,34)/t17-,18+,22?. The summed E-state index contributed by atoms with van der Waals surface area (Å²) in [6, 6.07) is 14.2. The number of hydrogen-bond acceptors (Lipinski definition) is 5. The fourth-order valence-corrected chi connectivity index (χ4v) is 4.93. The molecule has 2 aromatic carbocycles. The molecule has 0 bridgehead atoms. The van der Waals surface area contributed by atoms with Crippen molar-refractivity contribution in [3.63, 3.8) is 0 Å². The third-order valence-electron chi connectivity index (χ3n) is 6.44. The van der Waals surface area contributed by atoms with Crippen molar-refractivity contribution in [1.82, 2.24) is 15.3 Å². The number of hydrogen-bond donors (Lipinski definition) is 2. The lowest BCUT2D eigenvalue weighted by Gasteiger charge is -2.37. The molecule has 8 heteroatoms. The third-order valence-corrected chi connectivity index (χ3v) is 6.44. The average Bonchev–Trinajstić information content (AvgIpc) is 2.83. The van der Waals surface area contributed by atoms with Crippen LogP contribution < -0.4 is 15.5 Å². The Balaban J connectivity index is 1.22. The van der Waals surface area contributed by atoms with Crippen LogP contribution >= 0.6 is 0 Å². The molecule has 1 fully saturated rings. The predicted octanol–water partition coefficient (Wildman–Crippen LogP) is 4.58. The Hall–Kier alpha value is -3.52. The average molecular weight is 476 g/mol. The van der Waals surface area contributed by atoms with Gasteiger partial charge in [0.05, 0.1) is 12.2 Å². The fourth-order valence-electron chi connectivity index (χ4n) is 4.93. The maximum Gasteiger partial charge on any atom is 0.319 e. The highest BCUT2D eigenvalue weighted by Gasteiger charge is 2.24. The number of amides is 2. The van der Waals surface area contributed by atoms with Crippen LogP contribution in [-0.4, -0.2) is 47.3 Å². The molecule has 2 N–H and O–H groups in total. The van der Waals surface area contributed by atoms with E-state index < -0.39 is 0 Å². The lowest BCUT2D eigenvalue weighted by molar-refractivity contribution is -0.00523. The van der Waals surface area contributed by atoms with Gasteiger partial charge in [-0.3, -0.25) is 0 Å². The molecule has 3 atom stereocenters. The van der Waals surface area contributed by atoms with Gasteiger partial charge >= 0.3 is 6.03 Å². The van der Waals surface area contributed by atoms with Gasteiger partial charge in [0.15, 0.2) is 5.82 Å². The Bertz CT molecular complexity index is 1200. The van der Waals surface area contributed by atoms with Crippen molar-refractivity contribution in [1.29, 1.82) is 0 Å². The molecule has 35 heavy (non-hydrogen) atoms. The van der Waals surface area contributed by atoms with Crippen LogP contribution in [0, 0.1) is 5.82 Å². The van der Waals surface area contributed by atoms with E-state index in [1.165, 1.54) is 12.1 Å². The molecule has 1 saturated heterocycles. The molecule has 7 nitrogen and oxygen atoms in total. The molecule has 2 aliphatic rings. The van der Waals surface area contributed by atoms with Gasteiger partial charge in [0, 0.05) is 48.0 Å². The molecular formula is C27H30FN5O2. The summed E-state index contributed by atoms with van der Waals surface area (Å²) >= 11 is 0. The molecule has 0 saturated carbocycles. The molecule has 3 aromatic rings. The first kappa shape index (κ1) is 23.2. The van der Waals surface area contributed by atoms with Crippen LogP contribution in [0.3, 0.4) is 0 Å². The van der Waals surface area contributed by atoms with Crippen LogP contribution in [0.4, 0.5) is 20.6 Å². The van der Waals surface area contributed by atoms with E-state index in [1.54, 1.807) is 0 Å². The van der Waals surface area contributed by atoms with E-state index in [0.717, 1.165) is 41.2 Å². The number of anilines is 2. The molecule has 1 unspecified atom stereocenters. The zero-order valence-electron chi connectivity index (χ0n) is 20.0. The minimum absolute atomic E-state index is 0.0392. The number of rotatable bonds is 4. The van der Waals surface area contributed by atoms with Gasteiger partial charge in [-0.15, -0.1) is 0 Å². The number of carbonyl (C=O) groups is 1. The summed E-state index contributed by atoms with van der Waals surface area (Å²) in [5.41, 5.74) is 4.23. The summed E-state index contributed by atoms with van der Waals surface area (Å²) in [5, 5.41) is 5.83. The first-order chi connectivity index (χ1) is 16.9. The van der Waals surface area contributed by atoms with Gasteiger partial charge in [0.1, 0.15) is 5.82 Å². The second kappa shape index (κ2) is 10.00. The Labute approximate surface area is 204 Å². The van der Waals surface area contributed by atoms with Crippen molar-refractivity contribution >= 4 is 17.4 Å². The minimum atomic E-state index is -0.387. The highest BCUT2D eigenvalue weighted by molar-refractivity contribution is 5.90. The van der Waals surface area contributed by atoms with Gasteiger partial charge in [-0.2, -0.15) is 0 Å². The quantitative estimate of drug-likeness (QED) is 0.578. The Morgan fingerprint density at radius 1 is 1.11 bits per heavy atom. The summed E-state index contributed by atoms with van der Waals surface area (Å²) in [6.07, 6.45) is 4.19. The Kier molecular flexibility index (Phi) is 6.63. The Morgan fingerprint density at radius 3 is 2.66 bits per heavy atom. The van der Waals surface area contributed by atoms with Crippen molar-refractivity contribution in [2.24, 2.45) is 0 Å². The summed E-state index contributed by atoms with van der Waals surface area (Å²) in [4.78, 5) is 24.1. The molecule has 2 heterocycles. The normalized spacial score (nSPS) is 21.8. The lowest BCUT2D eigenvalue weighted by Crippen LogP contribution is -2.45. The maximum absolute atomic E-state index is 14.4. The highest BCUT2D eigenvalue weighted by Crippen LogP contribution is 2.26. The van der Waals surface area contributed by atoms with E-state index in [2.05, 4.69) is 20.5 Å². The van der Waals surface area contributed by atoms with Gasteiger partial charge in [0.25, 0.3) is 0 Å². The number of nitrogens with one attached hydrogen (secondary N) is 2. The molecule has 5 rings (SSSR count). The molecule has 182 valence electrons. The number of ether oxygens (including phenoxy) is 1. The van der Waals surface area contributed by atoms with Crippen LogP contribution in [0.15, 0.2) is 54.7 Å². The first-order valence-corrected chi connectivity index (χ1v) is 12.1. The topological polar surface area (TPSA) is 79.4 Å². The minimum Gasteiger partial charge on any atom is -0.372 e. The van der Waals surface area contributed by atoms with Gasteiger partial charge in [-0.25, -0.2) is 19.2 Å². The van der Waals surface area contributed by atoms with E-state index in [4.69, 9.17) is 9.72 Å². The molecule has 0 radical (unpaired) electrons. The first-order valence-electron chi connectivity index (χ1n) is 12.1. The smallest absolute Gasteiger partial charge is 0.319 e. The van der Waals surface area contributed by atoms with Crippen LogP contribution in [-0.2, 0) is 17.6 Å². The van der Waals surface area contributed by atoms with Crippen molar-refractivity contribution in [3.8, 4) is 11.4 Å². The van der Waals surface area contributed by atoms with E-state index in [1.807, 2.05) is 56.4 Å². The summed E-state index contributed by atoms with van der Waals surface area (Å²) in [7, 11) is 0. The highest BCUT2D eigenvalue weighted by atomic mass is 19.1. The second-order valence-electron chi connectivity index (χ2n) is 9.43. The van der Waals surface area contributed by atoms with Crippen molar-refractivity contribution < 1.29 is 13.9 Å². The third kappa shape index (κ3) is 5.59. The monoisotopic (exact) mass is 475 g/mol. The fraction of sp³-hybridized carbons (Fsp3) is 0.370. The number of aryl methyl sites for hydroxylation is 1. The molecule has 1 aliphatic carbocycles. The molecular weight excluding hydrogens is 445 g/mol. The van der Waals surface area contributed by atoms with Crippen LogP contribution in [0.1, 0.15) is 31.5 Å². The van der Waals surface area contributed by atoms with Crippen molar-refractivity contribution in [2.75, 3.05) is 23.3 Å². The SMILES string of the molecule is C[C@@H]1CN(c2cc(F)cc(NC(=O)NC3CCc4nc(-c5ccccc5)ncc4C3)c2)C[C@H](C)O1. The maximum atomic E-state index is 14.4. The Morgan fingerprint density at radius 2 is 1.89 bits per heavy atom. The van der Waals surface area contributed by atoms with E-state index in [0.29, 0.717) is 25.2 Å². The van der Waals surface area contributed by atoms with Gasteiger partial charge < -0.3 is 20.3 Å². The summed E-state index contributed by atoms with van der Waals surface area (Å²) in [5.74, 6) is 0.335.